The third-order valence-electron chi connectivity index (χ3n) is 1.57. The summed E-state index contributed by atoms with van der Waals surface area (Å²) in [7, 11) is 1.57. The predicted octanol–water partition coefficient (Wildman–Crippen LogP) is 2.61. The molecule has 1 heterocycles. The largest absolute Gasteiger partial charge is 0.443 e. The van der Waals surface area contributed by atoms with Gasteiger partial charge in [0.1, 0.15) is 5.60 Å². The number of carbonyl (C=O) groups is 1. The smallest absolute Gasteiger partial charge is 0.416 e. The van der Waals surface area contributed by atoms with Gasteiger partial charge in [0.15, 0.2) is 0 Å². The first-order chi connectivity index (χ1) is 7.29. The van der Waals surface area contributed by atoms with Crippen LogP contribution in [0, 0.1) is 0 Å². The summed E-state index contributed by atoms with van der Waals surface area (Å²) < 4.78 is 5.94. The van der Waals surface area contributed by atoms with E-state index in [1.807, 2.05) is 0 Å². The first-order valence-corrected chi connectivity index (χ1v) is 5.53. The lowest BCUT2D eigenvalue weighted by Crippen LogP contribution is -2.35. The Morgan fingerprint density at radius 2 is 1.88 bits per heavy atom. The Kier molecular flexibility index (Phi) is 3.85. The molecule has 0 radical (unpaired) electrons. The Balaban J connectivity index is 2.74. The van der Waals surface area contributed by atoms with Crippen LogP contribution < -0.4 is 4.90 Å². The van der Waals surface area contributed by atoms with Crippen molar-refractivity contribution in [2.24, 2.45) is 0 Å². The summed E-state index contributed by atoms with van der Waals surface area (Å²) in [6, 6.07) is 0. The molecular formula is C10H14BrN3O2. The molecule has 1 rings (SSSR count). The van der Waals surface area contributed by atoms with Gasteiger partial charge in [0.2, 0.25) is 5.95 Å². The Morgan fingerprint density at radius 3 is 2.31 bits per heavy atom. The molecule has 0 N–H and O–H groups in total. The van der Waals surface area contributed by atoms with E-state index in [0.29, 0.717) is 5.95 Å². The zero-order valence-corrected chi connectivity index (χ0v) is 11.3. The average molecular weight is 288 g/mol. The summed E-state index contributed by atoms with van der Waals surface area (Å²) >= 11 is 3.22. The molecule has 88 valence electrons. The molecule has 0 saturated carbocycles. The fourth-order valence-corrected chi connectivity index (χ4v) is 1.10. The minimum atomic E-state index is -0.527. The van der Waals surface area contributed by atoms with Gasteiger partial charge < -0.3 is 4.74 Å². The van der Waals surface area contributed by atoms with Crippen molar-refractivity contribution in [2.45, 2.75) is 26.4 Å². The molecule has 0 aliphatic rings. The Hall–Kier alpha value is -1.17. The lowest BCUT2D eigenvalue weighted by molar-refractivity contribution is 0.0587. The highest BCUT2D eigenvalue weighted by molar-refractivity contribution is 9.10. The molecule has 0 unspecified atom stereocenters. The maximum Gasteiger partial charge on any atom is 0.416 e. The first kappa shape index (κ1) is 12.9. The summed E-state index contributed by atoms with van der Waals surface area (Å²) in [6.45, 7) is 5.42. The van der Waals surface area contributed by atoms with E-state index in [-0.39, 0.29) is 0 Å². The highest BCUT2D eigenvalue weighted by Gasteiger charge is 2.21. The molecule has 0 spiro atoms. The second-order valence-electron chi connectivity index (χ2n) is 4.24. The molecule has 1 amide bonds. The summed E-state index contributed by atoms with van der Waals surface area (Å²) in [6.07, 6.45) is 2.67. The Labute approximate surface area is 103 Å². The molecule has 0 saturated heterocycles. The molecular weight excluding hydrogens is 274 g/mol. The van der Waals surface area contributed by atoms with E-state index >= 15 is 0 Å². The quantitative estimate of drug-likeness (QED) is 0.797. The number of hydrogen-bond donors (Lipinski definition) is 0. The van der Waals surface area contributed by atoms with E-state index < -0.39 is 11.7 Å². The minimum Gasteiger partial charge on any atom is -0.443 e. The number of halogens is 1. The summed E-state index contributed by atoms with van der Waals surface area (Å²) in [5.74, 6) is 0.303. The third kappa shape index (κ3) is 3.77. The molecule has 0 aliphatic carbocycles. The van der Waals surface area contributed by atoms with Crippen molar-refractivity contribution in [2.75, 3.05) is 11.9 Å². The van der Waals surface area contributed by atoms with Gasteiger partial charge in [-0.3, -0.25) is 0 Å². The highest BCUT2D eigenvalue weighted by atomic mass is 79.9. The van der Waals surface area contributed by atoms with Gasteiger partial charge in [-0.25, -0.2) is 19.7 Å². The van der Waals surface area contributed by atoms with Gasteiger partial charge in [0.25, 0.3) is 0 Å². The lowest BCUT2D eigenvalue weighted by Gasteiger charge is -2.23. The molecule has 5 nitrogen and oxygen atoms in total. The van der Waals surface area contributed by atoms with Crippen LogP contribution in [0.5, 0.6) is 0 Å². The topological polar surface area (TPSA) is 55.3 Å². The molecule has 0 aromatic carbocycles. The van der Waals surface area contributed by atoms with Gasteiger partial charge in [-0.15, -0.1) is 0 Å². The molecule has 0 fully saturated rings. The van der Waals surface area contributed by atoms with Crippen molar-refractivity contribution in [1.29, 1.82) is 0 Å². The van der Waals surface area contributed by atoms with Gasteiger partial charge in [0, 0.05) is 19.4 Å². The number of hydrogen-bond acceptors (Lipinski definition) is 4. The number of ether oxygens (including phenoxy) is 1. The van der Waals surface area contributed by atoms with Crippen LogP contribution in [0.25, 0.3) is 0 Å². The van der Waals surface area contributed by atoms with Crippen LogP contribution in [0.1, 0.15) is 20.8 Å². The molecule has 16 heavy (non-hydrogen) atoms. The number of rotatable bonds is 1. The normalized spacial score (nSPS) is 11.1. The minimum absolute atomic E-state index is 0.303. The Morgan fingerprint density at radius 1 is 1.38 bits per heavy atom. The fraction of sp³-hybridized carbons (Fsp3) is 0.500. The van der Waals surface area contributed by atoms with E-state index in [9.17, 15) is 4.79 Å². The van der Waals surface area contributed by atoms with Crippen molar-refractivity contribution in [1.82, 2.24) is 9.97 Å². The zero-order valence-electron chi connectivity index (χ0n) is 9.69. The maximum atomic E-state index is 11.7. The molecule has 1 aromatic rings. The van der Waals surface area contributed by atoms with Gasteiger partial charge in [0.05, 0.1) is 4.47 Å². The SMILES string of the molecule is CN(C(=O)OC(C)(C)C)c1ncc(Br)cn1. The van der Waals surface area contributed by atoms with Crippen LogP contribution in [0.4, 0.5) is 10.7 Å². The van der Waals surface area contributed by atoms with Crippen LogP contribution >= 0.6 is 15.9 Å². The van der Waals surface area contributed by atoms with Gasteiger partial charge in [-0.1, -0.05) is 0 Å². The molecule has 6 heteroatoms. The van der Waals surface area contributed by atoms with Crippen LogP contribution in [0.3, 0.4) is 0 Å². The zero-order chi connectivity index (χ0) is 12.3. The third-order valence-corrected chi connectivity index (χ3v) is 1.98. The summed E-state index contributed by atoms with van der Waals surface area (Å²) in [4.78, 5) is 20.9. The Bertz CT molecular complexity index is 373. The van der Waals surface area contributed by atoms with E-state index in [4.69, 9.17) is 4.74 Å². The first-order valence-electron chi connectivity index (χ1n) is 4.74. The molecule has 1 aromatic heterocycles. The fourth-order valence-electron chi connectivity index (χ4n) is 0.891. The van der Waals surface area contributed by atoms with E-state index in [0.717, 1.165) is 4.47 Å². The van der Waals surface area contributed by atoms with Crippen molar-refractivity contribution in [3.63, 3.8) is 0 Å². The maximum absolute atomic E-state index is 11.7. The number of anilines is 1. The van der Waals surface area contributed by atoms with Crippen LogP contribution in [0.15, 0.2) is 16.9 Å². The van der Waals surface area contributed by atoms with E-state index in [2.05, 4.69) is 25.9 Å². The summed E-state index contributed by atoms with van der Waals surface area (Å²) in [5.41, 5.74) is -0.527. The van der Waals surface area contributed by atoms with Gasteiger partial charge >= 0.3 is 6.09 Å². The average Bonchev–Trinajstić information content (AvgIpc) is 2.15. The number of nitrogens with zero attached hydrogens (tertiary/aromatic N) is 3. The van der Waals surface area contributed by atoms with Crippen LogP contribution in [0.2, 0.25) is 0 Å². The monoisotopic (exact) mass is 287 g/mol. The van der Waals surface area contributed by atoms with E-state index in [1.165, 1.54) is 4.90 Å². The van der Waals surface area contributed by atoms with Crippen molar-refractivity contribution in [3.05, 3.63) is 16.9 Å². The predicted molar refractivity (Wildman–Crippen MR) is 64.4 cm³/mol. The number of amides is 1. The number of carbonyl (C=O) groups excluding carboxylic acids is 1. The second kappa shape index (κ2) is 4.78. The molecule has 0 bridgehead atoms. The standard InChI is InChI=1S/C10H14BrN3O2/c1-10(2,3)16-9(15)14(4)8-12-5-7(11)6-13-8/h5-6H,1-4H3. The van der Waals surface area contributed by atoms with Crippen LogP contribution in [-0.4, -0.2) is 28.7 Å². The van der Waals surface area contributed by atoms with Crippen molar-refractivity contribution in [3.8, 4) is 0 Å². The summed E-state index contributed by atoms with van der Waals surface area (Å²) in [5, 5.41) is 0. The number of aromatic nitrogens is 2. The highest BCUT2D eigenvalue weighted by Crippen LogP contribution is 2.14. The molecule has 0 aliphatic heterocycles. The van der Waals surface area contributed by atoms with Crippen LogP contribution in [-0.2, 0) is 4.74 Å². The second-order valence-corrected chi connectivity index (χ2v) is 5.16. The van der Waals surface area contributed by atoms with Gasteiger partial charge in [-0.05, 0) is 36.7 Å². The van der Waals surface area contributed by atoms with Crippen molar-refractivity contribution < 1.29 is 9.53 Å². The van der Waals surface area contributed by atoms with E-state index in [1.54, 1.807) is 40.2 Å². The van der Waals surface area contributed by atoms with Crippen molar-refractivity contribution >= 4 is 28.0 Å². The molecule has 0 atom stereocenters. The lowest BCUT2D eigenvalue weighted by atomic mass is 10.2. The van der Waals surface area contributed by atoms with Gasteiger partial charge in [-0.2, -0.15) is 0 Å².